The zero-order valence-corrected chi connectivity index (χ0v) is 9.44. The van der Waals surface area contributed by atoms with Crippen molar-refractivity contribution in [2.45, 2.75) is 63.1 Å². The predicted molar refractivity (Wildman–Crippen MR) is 59.7 cm³/mol. The van der Waals surface area contributed by atoms with Crippen LogP contribution in [0.4, 0.5) is 0 Å². The summed E-state index contributed by atoms with van der Waals surface area (Å²) in [6, 6.07) is 1.07. The van der Waals surface area contributed by atoms with Gasteiger partial charge in [-0.3, -0.25) is 4.90 Å². The summed E-state index contributed by atoms with van der Waals surface area (Å²) in [5.41, 5.74) is 0. The second-order valence-electron chi connectivity index (χ2n) is 4.97. The van der Waals surface area contributed by atoms with Crippen LogP contribution in [-0.4, -0.2) is 46.5 Å². The Morgan fingerprint density at radius 2 is 1.80 bits per heavy atom. The van der Waals surface area contributed by atoms with E-state index in [0.29, 0.717) is 12.1 Å². The average Bonchev–Trinajstić information content (AvgIpc) is 2.55. The molecule has 2 aliphatic rings. The molecule has 0 aliphatic heterocycles. The highest BCUT2D eigenvalue weighted by atomic mass is 16.3. The number of nitrogens with zero attached hydrogens (tertiary/aromatic N) is 1. The number of rotatable bonds is 5. The molecular weight excluding hydrogens is 190 g/mol. The number of aliphatic hydroxyl groups excluding tert-OH is 2. The molecule has 0 unspecified atom stereocenters. The first-order valence-corrected chi connectivity index (χ1v) is 6.37. The molecule has 0 aromatic heterocycles. The zero-order chi connectivity index (χ0) is 10.7. The third-order valence-electron chi connectivity index (χ3n) is 3.99. The molecule has 3 heteroatoms. The van der Waals surface area contributed by atoms with Crippen LogP contribution < -0.4 is 0 Å². The van der Waals surface area contributed by atoms with E-state index in [9.17, 15) is 5.11 Å². The molecule has 0 aromatic carbocycles. The van der Waals surface area contributed by atoms with Gasteiger partial charge >= 0.3 is 0 Å². The number of hydrogen-bond donors (Lipinski definition) is 2. The third-order valence-corrected chi connectivity index (χ3v) is 3.99. The van der Waals surface area contributed by atoms with Gasteiger partial charge in [0.2, 0.25) is 0 Å². The van der Waals surface area contributed by atoms with Gasteiger partial charge in [0.05, 0.1) is 6.10 Å². The molecule has 15 heavy (non-hydrogen) atoms. The highest BCUT2D eigenvalue weighted by Gasteiger charge is 2.36. The van der Waals surface area contributed by atoms with E-state index in [0.717, 1.165) is 32.2 Å². The minimum Gasteiger partial charge on any atom is -0.396 e. The fraction of sp³-hybridized carbons (Fsp3) is 1.00. The summed E-state index contributed by atoms with van der Waals surface area (Å²) in [5.74, 6) is 0. The first-order chi connectivity index (χ1) is 7.33. The lowest BCUT2D eigenvalue weighted by atomic mass is 9.89. The van der Waals surface area contributed by atoms with Gasteiger partial charge in [-0.15, -0.1) is 0 Å². The molecule has 3 nitrogen and oxygen atoms in total. The smallest absolute Gasteiger partial charge is 0.0695 e. The highest BCUT2D eigenvalue weighted by Crippen LogP contribution is 2.32. The number of aliphatic hydroxyl groups is 2. The fourth-order valence-electron chi connectivity index (χ4n) is 2.90. The van der Waals surface area contributed by atoms with Crippen molar-refractivity contribution < 1.29 is 10.2 Å². The van der Waals surface area contributed by atoms with Crippen molar-refractivity contribution in [1.82, 2.24) is 4.90 Å². The largest absolute Gasteiger partial charge is 0.396 e. The van der Waals surface area contributed by atoms with Crippen LogP contribution in [0.1, 0.15) is 44.9 Å². The maximum absolute atomic E-state index is 9.92. The van der Waals surface area contributed by atoms with Crippen LogP contribution in [0.3, 0.4) is 0 Å². The van der Waals surface area contributed by atoms with E-state index < -0.39 is 0 Å². The summed E-state index contributed by atoms with van der Waals surface area (Å²) in [7, 11) is 0. The molecule has 0 aromatic rings. The molecular formula is C12H23NO2. The Morgan fingerprint density at radius 3 is 2.27 bits per heavy atom. The Bertz CT molecular complexity index is 194. The van der Waals surface area contributed by atoms with Crippen LogP contribution in [0.5, 0.6) is 0 Å². The molecule has 2 N–H and O–H groups in total. The van der Waals surface area contributed by atoms with E-state index in [1.807, 2.05) is 0 Å². The summed E-state index contributed by atoms with van der Waals surface area (Å²) in [6.07, 6.45) is 7.90. The summed E-state index contributed by atoms with van der Waals surface area (Å²) < 4.78 is 0. The maximum atomic E-state index is 9.92. The van der Waals surface area contributed by atoms with Gasteiger partial charge in [-0.2, -0.15) is 0 Å². The van der Waals surface area contributed by atoms with E-state index >= 15 is 0 Å². The van der Waals surface area contributed by atoms with Crippen LogP contribution in [0.2, 0.25) is 0 Å². The van der Waals surface area contributed by atoms with Crippen molar-refractivity contribution in [2.75, 3.05) is 13.2 Å². The maximum Gasteiger partial charge on any atom is 0.0695 e. The summed E-state index contributed by atoms with van der Waals surface area (Å²) in [6.45, 7) is 1.23. The second-order valence-corrected chi connectivity index (χ2v) is 4.97. The predicted octanol–water partition coefficient (Wildman–Crippen LogP) is 1.14. The van der Waals surface area contributed by atoms with Gasteiger partial charge in [-0.1, -0.05) is 6.42 Å². The Hall–Kier alpha value is -0.120. The van der Waals surface area contributed by atoms with Crippen molar-refractivity contribution in [1.29, 1.82) is 0 Å². The molecule has 88 valence electrons. The van der Waals surface area contributed by atoms with Crippen LogP contribution in [0, 0.1) is 0 Å². The van der Waals surface area contributed by atoms with Crippen LogP contribution in [0.15, 0.2) is 0 Å². The van der Waals surface area contributed by atoms with E-state index in [2.05, 4.69) is 4.90 Å². The van der Waals surface area contributed by atoms with E-state index in [1.165, 1.54) is 19.3 Å². The summed E-state index contributed by atoms with van der Waals surface area (Å²) >= 11 is 0. The van der Waals surface area contributed by atoms with Gasteiger partial charge in [0.15, 0.2) is 0 Å². The lowest BCUT2D eigenvalue weighted by molar-refractivity contribution is 0.0139. The lowest BCUT2D eigenvalue weighted by Gasteiger charge is -2.42. The van der Waals surface area contributed by atoms with Crippen molar-refractivity contribution in [3.63, 3.8) is 0 Å². The van der Waals surface area contributed by atoms with Crippen molar-refractivity contribution >= 4 is 0 Å². The summed E-state index contributed by atoms with van der Waals surface area (Å²) in [5, 5.41) is 18.8. The quantitative estimate of drug-likeness (QED) is 0.719. The monoisotopic (exact) mass is 213 g/mol. The molecule has 0 spiro atoms. The van der Waals surface area contributed by atoms with Crippen LogP contribution in [-0.2, 0) is 0 Å². The van der Waals surface area contributed by atoms with Crippen molar-refractivity contribution in [2.24, 2.45) is 0 Å². The molecule has 2 fully saturated rings. The molecule has 0 radical (unpaired) electrons. The number of hydrogen-bond acceptors (Lipinski definition) is 3. The fourth-order valence-corrected chi connectivity index (χ4v) is 2.90. The SMILES string of the molecule is OCCCN(C1CCC1)[C@H]1CCC[C@@H]1O. The van der Waals surface area contributed by atoms with Crippen LogP contribution >= 0.6 is 0 Å². The van der Waals surface area contributed by atoms with Gasteiger partial charge in [0, 0.05) is 25.2 Å². The van der Waals surface area contributed by atoms with Crippen molar-refractivity contribution in [3.05, 3.63) is 0 Å². The standard InChI is InChI=1S/C12H23NO2/c14-9-3-8-13(10-4-1-5-10)11-6-2-7-12(11)15/h10-12,14-15H,1-9H2/t11-,12-/m0/s1. The van der Waals surface area contributed by atoms with Crippen molar-refractivity contribution in [3.8, 4) is 0 Å². The molecule has 0 bridgehead atoms. The van der Waals surface area contributed by atoms with Gasteiger partial charge in [-0.25, -0.2) is 0 Å². The topological polar surface area (TPSA) is 43.7 Å². The molecule has 0 amide bonds. The first-order valence-electron chi connectivity index (χ1n) is 6.37. The minimum atomic E-state index is -0.121. The van der Waals surface area contributed by atoms with Gasteiger partial charge in [-0.05, 0) is 38.5 Å². The molecule has 0 heterocycles. The van der Waals surface area contributed by atoms with E-state index in [1.54, 1.807) is 0 Å². The van der Waals surface area contributed by atoms with E-state index in [-0.39, 0.29) is 12.7 Å². The van der Waals surface area contributed by atoms with Gasteiger partial charge in [0.1, 0.15) is 0 Å². The normalized spacial score (nSPS) is 32.2. The Morgan fingerprint density at radius 1 is 1.07 bits per heavy atom. The van der Waals surface area contributed by atoms with Gasteiger partial charge < -0.3 is 10.2 Å². The second kappa shape index (κ2) is 5.28. The molecule has 2 atom stereocenters. The molecule has 2 saturated carbocycles. The van der Waals surface area contributed by atoms with Gasteiger partial charge in [0.25, 0.3) is 0 Å². The Labute approximate surface area is 92.1 Å². The Balaban J connectivity index is 1.90. The average molecular weight is 213 g/mol. The lowest BCUT2D eigenvalue weighted by Crippen LogP contribution is -2.50. The minimum absolute atomic E-state index is 0.121. The first kappa shape index (κ1) is 11.4. The Kier molecular flexibility index (Phi) is 4.00. The summed E-state index contributed by atoms with van der Waals surface area (Å²) in [4.78, 5) is 2.47. The molecule has 0 saturated heterocycles. The molecule has 2 aliphatic carbocycles. The third kappa shape index (κ3) is 2.52. The van der Waals surface area contributed by atoms with E-state index in [4.69, 9.17) is 5.11 Å². The molecule has 2 rings (SSSR count). The zero-order valence-electron chi connectivity index (χ0n) is 9.44. The highest BCUT2D eigenvalue weighted by molar-refractivity contribution is 4.91. The van der Waals surface area contributed by atoms with Crippen LogP contribution in [0.25, 0.3) is 0 Å².